The number of carbonyl (C=O) groups excluding carboxylic acids is 1. The number of amides is 1. The summed E-state index contributed by atoms with van der Waals surface area (Å²) in [6.45, 7) is 4.32. The molecular formula is C24H24N2O3. The summed E-state index contributed by atoms with van der Waals surface area (Å²) in [6.07, 6.45) is 0. The van der Waals surface area contributed by atoms with Crippen molar-refractivity contribution in [3.63, 3.8) is 0 Å². The Kier molecular flexibility index (Phi) is 6.42. The number of nitrogens with one attached hydrogen (secondary N) is 1. The van der Waals surface area contributed by atoms with Gasteiger partial charge in [-0.1, -0.05) is 60.7 Å². The van der Waals surface area contributed by atoms with Gasteiger partial charge < -0.3 is 9.84 Å². The van der Waals surface area contributed by atoms with Gasteiger partial charge in [0.25, 0.3) is 5.91 Å². The average Bonchev–Trinajstić information content (AvgIpc) is 2.78. The monoisotopic (exact) mass is 388 g/mol. The van der Waals surface area contributed by atoms with Gasteiger partial charge in [-0.05, 0) is 54.8 Å². The molecule has 29 heavy (non-hydrogen) atoms. The molecule has 0 aromatic heterocycles. The van der Waals surface area contributed by atoms with Crippen LogP contribution in [0.3, 0.4) is 0 Å². The Hall–Kier alpha value is -3.44. The summed E-state index contributed by atoms with van der Waals surface area (Å²) in [7, 11) is 0. The van der Waals surface area contributed by atoms with E-state index in [1.165, 1.54) is 0 Å². The van der Waals surface area contributed by atoms with Crippen LogP contribution in [-0.2, 0) is 10.4 Å². The fourth-order valence-corrected chi connectivity index (χ4v) is 3.03. The fourth-order valence-electron chi connectivity index (χ4n) is 3.03. The lowest BCUT2D eigenvalue weighted by atomic mass is 9.85. The third kappa shape index (κ3) is 4.52. The molecule has 3 rings (SSSR count). The quantitative estimate of drug-likeness (QED) is 0.477. The molecule has 1 amide bonds. The van der Waals surface area contributed by atoms with Gasteiger partial charge in [-0.3, -0.25) is 4.79 Å². The van der Waals surface area contributed by atoms with Gasteiger partial charge in [0.1, 0.15) is 5.75 Å². The molecule has 3 aromatic rings. The normalized spacial score (nSPS) is 11.8. The average molecular weight is 388 g/mol. The second kappa shape index (κ2) is 9.17. The van der Waals surface area contributed by atoms with Crippen LogP contribution in [-0.4, -0.2) is 23.3 Å². The summed E-state index contributed by atoms with van der Waals surface area (Å²) < 4.78 is 5.44. The van der Waals surface area contributed by atoms with Crippen molar-refractivity contribution in [2.75, 3.05) is 6.61 Å². The number of aliphatic hydroxyl groups is 1. The second-order valence-corrected chi connectivity index (χ2v) is 6.54. The first-order chi connectivity index (χ1) is 14.1. The smallest absolute Gasteiger partial charge is 0.281 e. The number of hydrogen-bond donors (Lipinski definition) is 2. The molecule has 2 N–H and O–H groups in total. The van der Waals surface area contributed by atoms with E-state index in [-0.39, 0.29) is 0 Å². The Morgan fingerprint density at radius 2 is 1.45 bits per heavy atom. The molecule has 0 saturated heterocycles. The van der Waals surface area contributed by atoms with Crippen LogP contribution >= 0.6 is 0 Å². The highest BCUT2D eigenvalue weighted by molar-refractivity contribution is 6.00. The predicted molar refractivity (Wildman–Crippen MR) is 114 cm³/mol. The van der Waals surface area contributed by atoms with Crippen molar-refractivity contribution in [2.24, 2.45) is 5.10 Å². The molecule has 0 unspecified atom stereocenters. The summed E-state index contributed by atoms with van der Waals surface area (Å²) in [5, 5.41) is 15.6. The van der Waals surface area contributed by atoms with E-state index in [2.05, 4.69) is 10.5 Å². The van der Waals surface area contributed by atoms with Gasteiger partial charge in [0.2, 0.25) is 0 Å². The van der Waals surface area contributed by atoms with Crippen molar-refractivity contribution in [1.29, 1.82) is 0 Å². The third-order valence-corrected chi connectivity index (χ3v) is 4.62. The number of carbonyl (C=O) groups is 1. The highest BCUT2D eigenvalue weighted by Gasteiger charge is 2.39. The van der Waals surface area contributed by atoms with E-state index < -0.39 is 11.5 Å². The van der Waals surface area contributed by atoms with E-state index in [0.29, 0.717) is 23.4 Å². The molecule has 0 atom stereocenters. The number of rotatable bonds is 7. The van der Waals surface area contributed by atoms with Gasteiger partial charge in [-0.15, -0.1) is 0 Å². The minimum Gasteiger partial charge on any atom is -0.494 e. The van der Waals surface area contributed by atoms with E-state index in [9.17, 15) is 9.90 Å². The maximum atomic E-state index is 13.1. The maximum Gasteiger partial charge on any atom is 0.281 e. The zero-order chi connectivity index (χ0) is 20.7. The minimum atomic E-state index is -1.86. The second-order valence-electron chi connectivity index (χ2n) is 6.54. The highest BCUT2D eigenvalue weighted by Crippen LogP contribution is 2.29. The van der Waals surface area contributed by atoms with E-state index in [0.717, 1.165) is 11.3 Å². The predicted octanol–water partition coefficient (Wildman–Crippen LogP) is 3.86. The first kappa shape index (κ1) is 20.3. The van der Waals surface area contributed by atoms with E-state index >= 15 is 0 Å². The van der Waals surface area contributed by atoms with Crippen molar-refractivity contribution >= 4 is 11.6 Å². The molecule has 0 bridgehead atoms. The molecule has 0 heterocycles. The molecule has 0 aliphatic carbocycles. The molecule has 0 saturated carbocycles. The Labute approximate surface area is 170 Å². The number of benzene rings is 3. The molecule has 0 spiro atoms. The van der Waals surface area contributed by atoms with E-state index in [1.807, 2.05) is 43.3 Å². The van der Waals surface area contributed by atoms with Crippen molar-refractivity contribution in [3.8, 4) is 5.75 Å². The van der Waals surface area contributed by atoms with Crippen molar-refractivity contribution in [3.05, 3.63) is 102 Å². The number of hydrazone groups is 1. The molecule has 148 valence electrons. The molecule has 3 aromatic carbocycles. The van der Waals surface area contributed by atoms with Crippen LogP contribution in [0.25, 0.3) is 0 Å². The molecule has 0 aliphatic rings. The number of nitrogens with zero attached hydrogens (tertiary/aromatic N) is 1. The van der Waals surface area contributed by atoms with Crippen LogP contribution in [0.4, 0.5) is 0 Å². The Morgan fingerprint density at radius 1 is 0.931 bits per heavy atom. The summed E-state index contributed by atoms with van der Waals surface area (Å²) in [5.41, 5.74) is 3.07. The van der Waals surface area contributed by atoms with E-state index in [4.69, 9.17) is 4.74 Å². The van der Waals surface area contributed by atoms with Gasteiger partial charge >= 0.3 is 0 Å². The SMILES string of the molecule is CCOc1ccc(C(C)=NNC(=O)C(O)(c2ccccc2)c2ccccc2)cc1. The van der Waals surface area contributed by atoms with Crippen molar-refractivity contribution in [1.82, 2.24) is 5.43 Å². The van der Waals surface area contributed by atoms with Gasteiger partial charge in [0, 0.05) is 0 Å². The van der Waals surface area contributed by atoms with Gasteiger partial charge in [-0.2, -0.15) is 5.10 Å². The minimum absolute atomic E-state index is 0.470. The standard InChI is InChI=1S/C24H24N2O3/c1-3-29-22-16-14-19(15-17-22)18(2)25-26-23(27)24(28,20-10-6-4-7-11-20)21-12-8-5-9-13-21/h4-17,28H,3H2,1-2H3,(H,26,27). The van der Waals surface area contributed by atoms with Gasteiger partial charge in [-0.25, -0.2) is 5.43 Å². The Morgan fingerprint density at radius 3 is 1.93 bits per heavy atom. The van der Waals surface area contributed by atoms with Crippen LogP contribution < -0.4 is 10.2 Å². The van der Waals surface area contributed by atoms with Gasteiger partial charge in [0.05, 0.1) is 12.3 Å². The molecule has 0 aliphatic heterocycles. The Bertz CT molecular complexity index is 929. The lowest BCUT2D eigenvalue weighted by Gasteiger charge is -2.27. The summed E-state index contributed by atoms with van der Waals surface area (Å²) >= 11 is 0. The van der Waals surface area contributed by atoms with Crippen molar-refractivity contribution in [2.45, 2.75) is 19.4 Å². The fraction of sp³-hybridized carbons (Fsp3) is 0.167. The zero-order valence-corrected chi connectivity index (χ0v) is 16.5. The third-order valence-electron chi connectivity index (χ3n) is 4.62. The lowest BCUT2D eigenvalue weighted by Crippen LogP contribution is -2.43. The van der Waals surface area contributed by atoms with Crippen molar-refractivity contribution < 1.29 is 14.6 Å². The topological polar surface area (TPSA) is 70.9 Å². The largest absolute Gasteiger partial charge is 0.494 e. The highest BCUT2D eigenvalue weighted by atomic mass is 16.5. The van der Waals surface area contributed by atoms with Crippen LogP contribution in [0, 0.1) is 0 Å². The maximum absolute atomic E-state index is 13.1. The van der Waals surface area contributed by atoms with Crippen LogP contribution in [0.1, 0.15) is 30.5 Å². The summed E-state index contributed by atoms with van der Waals surface area (Å²) in [5.74, 6) is 0.149. The molecule has 5 heteroatoms. The van der Waals surface area contributed by atoms with Gasteiger partial charge in [0.15, 0.2) is 5.60 Å². The Balaban J connectivity index is 1.86. The zero-order valence-electron chi connectivity index (χ0n) is 16.5. The first-order valence-corrected chi connectivity index (χ1v) is 9.47. The lowest BCUT2D eigenvalue weighted by molar-refractivity contribution is -0.136. The first-order valence-electron chi connectivity index (χ1n) is 9.47. The number of hydrogen-bond acceptors (Lipinski definition) is 4. The summed E-state index contributed by atoms with van der Waals surface area (Å²) in [4.78, 5) is 13.1. The molecular weight excluding hydrogens is 364 g/mol. The molecule has 0 fully saturated rings. The molecule has 0 radical (unpaired) electrons. The van der Waals surface area contributed by atoms with Crippen LogP contribution in [0.2, 0.25) is 0 Å². The van der Waals surface area contributed by atoms with Crippen LogP contribution in [0.5, 0.6) is 5.75 Å². The summed E-state index contributed by atoms with van der Waals surface area (Å²) in [6, 6.07) is 25.1. The van der Waals surface area contributed by atoms with Crippen LogP contribution in [0.15, 0.2) is 90.0 Å². The van der Waals surface area contributed by atoms with E-state index in [1.54, 1.807) is 55.5 Å². The number of ether oxygens (including phenoxy) is 1. The molecule has 5 nitrogen and oxygen atoms in total.